The Bertz CT molecular complexity index is 617. The third kappa shape index (κ3) is 3.30. The smallest absolute Gasteiger partial charge is 0.260 e. The summed E-state index contributed by atoms with van der Waals surface area (Å²) < 4.78 is 5.64. The second kappa shape index (κ2) is 6.64. The molecule has 1 amide bonds. The Morgan fingerprint density at radius 3 is 2.82 bits per heavy atom. The van der Waals surface area contributed by atoms with Crippen LogP contribution in [-0.4, -0.2) is 40.5 Å². The maximum atomic E-state index is 12.3. The summed E-state index contributed by atoms with van der Waals surface area (Å²) in [5, 5.41) is 0. The standard InChI is InChI=1S/C17H21N3O2/c1-13-4-2-3-5-15(13)22-12-16(21)20-10-6-14(7-11-20)17-18-8-9-19-17/h2-5,8-9,14H,6-7,10-12H2,1H3,(H,18,19). The molecule has 1 fully saturated rings. The van der Waals surface area contributed by atoms with Crippen LogP contribution in [0.1, 0.15) is 30.1 Å². The van der Waals surface area contributed by atoms with E-state index in [2.05, 4.69) is 9.97 Å². The van der Waals surface area contributed by atoms with E-state index in [-0.39, 0.29) is 12.5 Å². The van der Waals surface area contributed by atoms with Gasteiger partial charge in [0.15, 0.2) is 6.61 Å². The van der Waals surface area contributed by atoms with Crippen molar-refractivity contribution in [2.45, 2.75) is 25.7 Å². The van der Waals surface area contributed by atoms with Crippen molar-refractivity contribution in [1.82, 2.24) is 14.9 Å². The number of nitrogens with zero attached hydrogens (tertiary/aromatic N) is 2. The first-order valence-electron chi connectivity index (χ1n) is 7.69. The van der Waals surface area contributed by atoms with Crippen LogP contribution in [0.4, 0.5) is 0 Å². The molecule has 0 atom stereocenters. The van der Waals surface area contributed by atoms with E-state index in [1.54, 1.807) is 6.20 Å². The molecule has 116 valence electrons. The quantitative estimate of drug-likeness (QED) is 0.943. The number of imidazole rings is 1. The second-order valence-electron chi connectivity index (χ2n) is 5.68. The Balaban J connectivity index is 1.49. The minimum absolute atomic E-state index is 0.0566. The largest absolute Gasteiger partial charge is 0.484 e. The Morgan fingerprint density at radius 2 is 2.14 bits per heavy atom. The van der Waals surface area contributed by atoms with Gasteiger partial charge in [0.2, 0.25) is 0 Å². The maximum Gasteiger partial charge on any atom is 0.260 e. The molecule has 0 saturated carbocycles. The summed E-state index contributed by atoms with van der Waals surface area (Å²) >= 11 is 0. The summed E-state index contributed by atoms with van der Waals surface area (Å²) in [6.45, 7) is 3.62. The highest BCUT2D eigenvalue weighted by molar-refractivity contribution is 5.77. The first kappa shape index (κ1) is 14.6. The molecule has 0 radical (unpaired) electrons. The number of likely N-dealkylation sites (tertiary alicyclic amines) is 1. The molecule has 1 aliphatic heterocycles. The predicted octanol–water partition coefficient (Wildman–Crippen LogP) is 2.50. The average Bonchev–Trinajstić information content (AvgIpc) is 3.08. The SMILES string of the molecule is Cc1ccccc1OCC(=O)N1CCC(c2ncc[nH]2)CC1. The van der Waals surface area contributed by atoms with Gasteiger partial charge in [-0.2, -0.15) is 0 Å². The van der Waals surface area contributed by atoms with Gasteiger partial charge in [-0.25, -0.2) is 4.98 Å². The third-order valence-corrected chi connectivity index (χ3v) is 4.20. The average molecular weight is 299 g/mol. The summed E-state index contributed by atoms with van der Waals surface area (Å²) in [6.07, 6.45) is 5.53. The van der Waals surface area contributed by atoms with Crippen molar-refractivity contribution in [2.75, 3.05) is 19.7 Å². The van der Waals surface area contributed by atoms with Crippen LogP contribution in [0.5, 0.6) is 5.75 Å². The highest BCUT2D eigenvalue weighted by Gasteiger charge is 2.25. The number of aryl methyl sites for hydroxylation is 1. The molecule has 2 heterocycles. The van der Waals surface area contributed by atoms with Crippen LogP contribution in [0.25, 0.3) is 0 Å². The first-order chi connectivity index (χ1) is 10.7. The van der Waals surface area contributed by atoms with Crippen LogP contribution in [0.15, 0.2) is 36.7 Å². The van der Waals surface area contributed by atoms with E-state index in [1.807, 2.05) is 42.3 Å². The van der Waals surface area contributed by atoms with Crippen LogP contribution in [0.2, 0.25) is 0 Å². The van der Waals surface area contributed by atoms with Gasteiger partial charge in [-0.15, -0.1) is 0 Å². The van der Waals surface area contributed by atoms with Crippen molar-refractivity contribution in [2.24, 2.45) is 0 Å². The number of nitrogens with one attached hydrogen (secondary N) is 1. The molecule has 2 aromatic rings. The Hall–Kier alpha value is -2.30. The fourth-order valence-electron chi connectivity index (χ4n) is 2.85. The van der Waals surface area contributed by atoms with Gasteiger partial charge in [0.05, 0.1) is 0 Å². The summed E-state index contributed by atoms with van der Waals surface area (Å²) in [6, 6.07) is 7.76. The molecular weight excluding hydrogens is 278 g/mol. The third-order valence-electron chi connectivity index (χ3n) is 4.20. The van der Waals surface area contributed by atoms with E-state index in [0.717, 1.165) is 43.1 Å². The Labute approximate surface area is 130 Å². The number of hydrogen-bond acceptors (Lipinski definition) is 3. The van der Waals surface area contributed by atoms with E-state index in [0.29, 0.717) is 5.92 Å². The number of para-hydroxylation sites is 1. The highest BCUT2D eigenvalue weighted by Crippen LogP contribution is 2.25. The fraction of sp³-hybridized carbons (Fsp3) is 0.412. The number of carbonyl (C=O) groups is 1. The van der Waals surface area contributed by atoms with Gasteiger partial charge in [-0.3, -0.25) is 4.79 Å². The maximum absolute atomic E-state index is 12.3. The lowest BCUT2D eigenvalue weighted by Gasteiger charge is -2.31. The molecule has 1 saturated heterocycles. The zero-order valence-electron chi connectivity index (χ0n) is 12.8. The molecular formula is C17H21N3O2. The predicted molar refractivity (Wildman–Crippen MR) is 83.8 cm³/mol. The lowest BCUT2D eigenvalue weighted by Crippen LogP contribution is -2.40. The van der Waals surface area contributed by atoms with Crippen molar-refractivity contribution in [3.63, 3.8) is 0 Å². The molecule has 1 aromatic carbocycles. The van der Waals surface area contributed by atoms with Gasteiger partial charge in [0.1, 0.15) is 11.6 Å². The van der Waals surface area contributed by atoms with Gasteiger partial charge in [0.25, 0.3) is 5.91 Å². The number of benzene rings is 1. The minimum atomic E-state index is 0.0566. The van der Waals surface area contributed by atoms with Gasteiger partial charge in [-0.1, -0.05) is 18.2 Å². The van der Waals surface area contributed by atoms with Gasteiger partial charge < -0.3 is 14.6 Å². The highest BCUT2D eigenvalue weighted by atomic mass is 16.5. The van der Waals surface area contributed by atoms with Crippen LogP contribution in [0, 0.1) is 6.92 Å². The number of H-pyrrole nitrogens is 1. The number of aromatic amines is 1. The van der Waals surface area contributed by atoms with Crippen LogP contribution in [-0.2, 0) is 4.79 Å². The van der Waals surface area contributed by atoms with Crippen molar-refractivity contribution in [3.8, 4) is 5.75 Å². The Morgan fingerprint density at radius 1 is 1.36 bits per heavy atom. The van der Waals surface area contributed by atoms with Crippen LogP contribution in [0.3, 0.4) is 0 Å². The summed E-state index contributed by atoms with van der Waals surface area (Å²) in [5.74, 6) is 2.29. The van der Waals surface area contributed by atoms with E-state index < -0.39 is 0 Å². The molecule has 22 heavy (non-hydrogen) atoms. The summed E-state index contributed by atoms with van der Waals surface area (Å²) in [4.78, 5) is 21.6. The van der Waals surface area contributed by atoms with E-state index in [4.69, 9.17) is 4.74 Å². The van der Waals surface area contributed by atoms with Crippen molar-refractivity contribution >= 4 is 5.91 Å². The monoisotopic (exact) mass is 299 g/mol. The topological polar surface area (TPSA) is 58.2 Å². The van der Waals surface area contributed by atoms with Crippen LogP contribution >= 0.6 is 0 Å². The number of carbonyl (C=O) groups excluding carboxylic acids is 1. The molecule has 0 bridgehead atoms. The molecule has 5 nitrogen and oxygen atoms in total. The molecule has 0 aliphatic carbocycles. The molecule has 5 heteroatoms. The number of piperidine rings is 1. The molecule has 1 aliphatic rings. The molecule has 1 aromatic heterocycles. The zero-order chi connectivity index (χ0) is 15.4. The minimum Gasteiger partial charge on any atom is -0.484 e. The van der Waals surface area contributed by atoms with Gasteiger partial charge >= 0.3 is 0 Å². The van der Waals surface area contributed by atoms with E-state index in [9.17, 15) is 4.79 Å². The zero-order valence-corrected chi connectivity index (χ0v) is 12.8. The lowest BCUT2D eigenvalue weighted by molar-refractivity contribution is -0.134. The van der Waals surface area contributed by atoms with Crippen molar-refractivity contribution in [3.05, 3.63) is 48.0 Å². The molecule has 0 spiro atoms. The normalized spacial score (nSPS) is 15.8. The fourth-order valence-corrected chi connectivity index (χ4v) is 2.85. The molecule has 1 N–H and O–H groups in total. The molecule has 0 unspecified atom stereocenters. The lowest BCUT2D eigenvalue weighted by atomic mass is 9.96. The van der Waals surface area contributed by atoms with Crippen LogP contribution < -0.4 is 4.74 Å². The molecule has 3 rings (SSSR count). The summed E-state index contributed by atoms with van der Waals surface area (Å²) in [7, 11) is 0. The van der Waals surface area contributed by atoms with E-state index >= 15 is 0 Å². The number of hydrogen-bond donors (Lipinski definition) is 1. The Kier molecular flexibility index (Phi) is 4.42. The van der Waals surface area contributed by atoms with Gasteiger partial charge in [-0.05, 0) is 31.4 Å². The number of aromatic nitrogens is 2. The first-order valence-corrected chi connectivity index (χ1v) is 7.69. The van der Waals surface area contributed by atoms with E-state index in [1.165, 1.54) is 0 Å². The van der Waals surface area contributed by atoms with Gasteiger partial charge in [0, 0.05) is 31.4 Å². The van der Waals surface area contributed by atoms with Crippen molar-refractivity contribution in [1.29, 1.82) is 0 Å². The van der Waals surface area contributed by atoms with Crippen molar-refractivity contribution < 1.29 is 9.53 Å². The second-order valence-corrected chi connectivity index (χ2v) is 5.68. The number of amides is 1. The number of rotatable bonds is 4. The summed E-state index contributed by atoms with van der Waals surface area (Å²) in [5.41, 5.74) is 1.05. The number of ether oxygens (including phenoxy) is 1.